The second-order valence-corrected chi connectivity index (χ2v) is 11.4. The minimum atomic E-state index is -0.0708. The lowest BCUT2D eigenvalue weighted by atomic mass is 9.86. The second kappa shape index (κ2) is 9.86. The fourth-order valence-corrected chi connectivity index (χ4v) is 6.58. The fraction of sp³-hybridized carbons (Fsp3) is 0.444. The Hall–Kier alpha value is -3.73. The molecule has 10 nitrogen and oxygen atoms in total. The van der Waals surface area contributed by atoms with Gasteiger partial charge >= 0.3 is 0 Å². The zero-order chi connectivity index (χ0) is 26.4. The summed E-state index contributed by atoms with van der Waals surface area (Å²) in [5.74, 6) is 1.60. The molecule has 3 heterocycles. The molecule has 1 saturated carbocycles. The van der Waals surface area contributed by atoms with Crippen LogP contribution in [0.3, 0.4) is 0 Å². The van der Waals surface area contributed by atoms with Gasteiger partial charge < -0.3 is 19.9 Å². The largest absolute Gasteiger partial charge is 0.494 e. The number of carbonyl (C=O) groups excluding carboxylic acids is 2. The topological polar surface area (TPSA) is 116 Å². The van der Waals surface area contributed by atoms with Crippen molar-refractivity contribution in [3.05, 3.63) is 35.1 Å². The van der Waals surface area contributed by atoms with Crippen LogP contribution < -0.4 is 10.1 Å². The fourth-order valence-electron chi connectivity index (χ4n) is 5.31. The van der Waals surface area contributed by atoms with E-state index in [0.717, 1.165) is 58.3 Å². The van der Waals surface area contributed by atoms with Gasteiger partial charge in [-0.05, 0) is 43.7 Å². The number of nitrogens with one attached hydrogen (secondary N) is 2. The lowest BCUT2D eigenvalue weighted by Crippen LogP contribution is -2.41. The first-order valence-electron chi connectivity index (χ1n) is 13.0. The molecule has 6 rings (SSSR count). The molecule has 1 fully saturated rings. The number of methoxy groups -OCH3 is 1. The predicted octanol–water partition coefficient (Wildman–Crippen LogP) is 3.89. The molecule has 2 N–H and O–H groups in total. The lowest BCUT2D eigenvalue weighted by Gasteiger charge is -2.30. The Morgan fingerprint density at radius 3 is 2.82 bits per heavy atom. The zero-order valence-corrected chi connectivity index (χ0v) is 22.6. The number of hydrogen-bond donors (Lipinski definition) is 2. The van der Waals surface area contributed by atoms with Crippen LogP contribution in [0, 0.1) is 5.92 Å². The summed E-state index contributed by atoms with van der Waals surface area (Å²) >= 11 is 1.65. The van der Waals surface area contributed by atoms with Crippen molar-refractivity contribution < 1.29 is 14.3 Å². The first-order chi connectivity index (χ1) is 18.4. The Morgan fingerprint density at radius 1 is 1.21 bits per heavy atom. The van der Waals surface area contributed by atoms with Gasteiger partial charge in [0.05, 0.1) is 29.9 Å². The molecular formula is C27H31N7O3S. The molecule has 2 aliphatic rings. The molecule has 1 aromatic carbocycles. The van der Waals surface area contributed by atoms with Gasteiger partial charge in [-0.1, -0.05) is 0 Å². The van der Waals surface area contributed by atoms with Crippen LogP contribution in [0.5, 0.6) is 5.75 Å². The van der Waals surface area contributed by atoms with Crippen LogP contribution in [0.15, 0.2) is 24.7 Å². The zero-order valence-electron chi connectivity index (χ0n) is 21.8. The number of aryl methyl sites for hydroxylation is 1. The molecule has 2 amide bonds. The normalized spacial score (nSPS) is 16.9. The number of nitrogens with zero attached hydrogens (tertiary/aromatic N) is 5. The van der Waals surface area contributed by atoms with Crippen LogP contribution in [-0.4, -0.2) is 75.6 Å². The molecule has 0 radical (unpaired) electrons. The summed E-state index contributed by atoms with van der Waals surface area (Å²) in [5, 5.41) is 12.6. The van der Waals surface area contributed by atoms with Crippen LogP contribution in [0.4, 0.5) is 11.5 Å². The van der Waals surface area contributed by atoms with E-state index in [4.69, 9.17) is 4.74 Å². The molecule has 3 aromatic heterocycles. The Morgan fingerprint density at radius 2 is 2.05 bits per heavy atom. The number of benzene rings is 1. The number of fused-ring (bicyclic) bond motifs is 4. The Bertz CT molecular complexity index is 1520. The van der Waals surface area contributed by atoms with Crippen LogP contribution >= 0.6 is 11.3 Å². The van der Waals surface area contributed by atoms with Crippen LogP contribution in [0.1, 0.15) is 36.1 Å². The van der Waals surface area contributed by atoms with E-state index in [1.54, 1.807) is 50.0 Å². The van der Waals surface area contributed by atoms with Crippen LogP contribution in [0.2, 0.25) is 0 Å². The maximum Gasteiger partial charge on any atom is 0.226 e. The van der Waals surface area contributed by atoms with Gasteiger partial charge in [0.1, 0.15) is 22.7 Å². The van der Waals surface area contributed by atoms with Crippen molar-refractivity contribution in [2.45, 2.75) is 44.6 Å². The Labute approximate surface area is 224 Å². The van der Waals surface area contributed by atoms with Gasteiger partial charge in [0.25, 0.3) is 0 Å². The maximum absolute atomic E-state index is 13.6. The lowest BCUT2D eigenvalue weighted by molar-refractivity contribution is -0.137. The molecule has 1 unspecified atom stereocenters. The quantitative estimate of drug-likeness (QED) is 0.353. The summed E-state index contributed by atoms with van der Waals surface area (Å²) in [5.41, 5.74) is 2.93. The summed E-state index contributed by atoms with van der Waals surface area (Å²) in [6.45, 7) is 0.499. The predicted molar refractivity (Wildman–Crippen MR) is 147 cm³/mol. The molecule has 198 valence electrons. The number of H-pyrrole nitrogens is 1. The van der Waals surface area contributed by atoms with Gasteiger partial charge in [-0.25, -0.2) is 9.97 Å². The van der Waals surface area contributed by atoms with E-state index in [-0.39, 0.29) is 23.8 Å². The highest BCUT2D eigenvalue weighted by Crippen LogP contribution is 2.42. The van der Waals surface area contributed by atoms with Crippen LogP contribution in [0.25, 0.3) is 21.1 Å². The van der Waals surface area contributed by atoms with Crippen molar-refractivity contribution in [3.63, 3.8) is 0 Å². The molecule has 1 atom stereocenters. The van der Waals surface area contributed by atoms with E-state index in [1.807, 2.05) is 17.0 Å². The number of anilines is 2. The number of aromatic amines is 1. The molecule has 0 bridgehead atoms. The van der Waals surface area contributed by atoms with Crippen molar-refractivity contribution in [2.75, 3.05) is 33.1 Å². The number of aromatic nitrogens is 4. The summed E-state index contributed by atoms with van der Waals surface area (Å²) in [6, 6.07) is 4.19. The smallest absolute Gasteiger partial charge is 0.226 e. The van der Waals surface area contributed by atoms with Gasteiger partial charge in [-0.3, -0.25) is 14.7 Å². The molecule has 0 spiro atoms. The maximum atomic E-state index is 13.6. The van der Waals surface area contributed by atoms with Crippen molar-refractivity contribution in [2.24, 2.45) is 5.92 Å². The third kappa shape index (κ3) is 4.55. The minimum absolute atomic E-state index is 0.0565. The van der Waals surface area contributed by atoms with E-state index in [0.29, 0.717) is 25.1 Å². The number of rotatable bonds is 8. The third-order valence-electron chi connectivity index (χ3n) is 7.54. The summed E-state index contributed by atoms with van der Waals surface area (Å²) < 4.78 is 5.62. The molecule has 11 heteroatoms. The highest BCUT2D eigenvalue weighted by Gasteiger charge is 2.38. The second-order valence-electron chi connectivity index (χ2n) is 10.3. The number of ether oxygens (including phenoxy) is 1. The molecular weight excluding hydrogens is 502 g/mol. The standard InChI is InChI=1S/C27H31N7O3S/c1-33(2)23(35)8-9-34(17-5-6-17)27(36)15-4-7-18-22(11-15)38-26-24(18)25(28-14-29-26)31-20-10-16-13-30-32-19(16)12-21(20)37-3/h10,12-15,17H,4-9,11H2,1-3H3,(H,30,32)(H,28,29,31). The number of carbonyl (C=O) groups is 2. The van der Waals surface area contributed by atoms with E-state index in [1.165, 1.54) is 10.4 Å². The highest BCUT2D eigenvalue weighted by molar-refractivity contribution is 7.19. The molecule has 4 aromatic rings. The number of hydrogen-bond acceptors (Lipinski definition) is 8. The monoisotopic (exact) mass is 533 g/mol. The van der Waals surface area contributed by atoms with Gasteiger partial charge in [0.15, 0.2) is 0 Å². The molecule has 0 saturated heterocycles. The first-order valence-corrected chi connectivity index (χ1v) is 13.8. The van der Waals surface area contributed by atoms with Crippen molar-refractivity contribution >= 4 is 55.8 Å². The van der Waals surface area contributed by atoms with E-state index < -0.39 is 0 Å². The van der Waals surface area contributed by atoms with Crippen LogP contribution in [-0.2, 0) is 22.4 Å². The van der Waals surface area contributed by atoms with E-state index in [9.17, 15) is 9.59 Å². The summed E-state index contributed by atoms with van der Waals surface area (Å²) in [6.07, 6.45) is 8.05. The number of thiophene rings is 1. The molecule has 2 aliphatic carbocycles. The summed E-state index contributed by atoms with van der Waals surface area (Å²) in [4.78, 5) is 40.6. The Kier molecular flexibility index (Phi) is 6.38. The average Bonchev–Trinajstić information content (AvgIpc) is 3.52. The third-order valence-corrected chi connectivity index (χ3v) is 8.71. The summed E-state index contributed by atoms with van der Waals surface area (Å²) in [7, 11) is 5.16. The van der Waals surface area contributed by atoms with Gasteiger partial charge in [-0.15, -0.1) is 11.3 Å². The van der Waals surface area contributed by atoms with Crippen molar-refractivity contribution in [1.29, 1.82) is 0 Å². The molecule has 38 heavy (non-hydrogen) atoms. The van der Waals surface area contributed by atoms with Crippen molar-refractivity contribution in [1.82, 2.24) is 30.0 Å². The van der Waals surface area contributed by atoms with Gasteiger partial charge in [0, 0.05) is 55.4 Å². The molecule has 0 aliphatic heterocycles. The first kappa shape index (κ1) is 24.6. The minimum Gasteiger partial charge on any atom is -0.494 e. The van der Waals surface area contributed by atoms with E-state index in [2.05, 4.69) is 25.5 Å². The van der Waals surface area contributed by atoms with Crippen molar-refractivity contribution in [3.8, 4) is 5.75 Å². The Balaban J connectivity index is 1.25. The van der Waals surface area contributed by atoms with Gasteiger partial charge in [0.2, 0.25) is 11.8 Å². The SMILES string of the molecule is COc1cc2[nH]ncc2cc1Nc1ncnc2sc3c(c12)CCC(C(=O)N(CCC(=O)N(C)C)C1CC1)C3. The average molecular weight is 534 g/mol. The van der Waals surface area contributed by atoms with E-state index >= 15 is 0 Å². The highest BCUT2D eigenvalue weighted by atomic mass is 32.1. The number of amides is 2. The van der Waals surface area contributed by atoms with Gasteiger partial charge in [-0.2, -0.15) is 5.10 Å².